The summed E-state index contributed by atoms with van der Waals surface area (Å²) in [5, 5.41) is 38.7. The predicted octanol–water partition coefficient (Wildman–Crippen LogP) is 1.52. The molecule has 3 aromatic carbocycles. The summed E-state index contributed by atoms with van der Waals surface area (Å²) in [6, 6.07) is 14.4. The molecule has 0 fully saturated rings. The highest BCUT2D eigenvalue weighted by Gasteiger charge is 2.28. The number of rotatable bonds is 7. The van der Waals surface area contributed by atoms with Gasteiger partial charge in [-0.1, -0.05) is 12.1 Å². The lowest BCUT2D eigenvalue weighted by atomic mass is 9.89. The Hall–Kier alpha value is -4.73. The average molecular weight is 459 g/mol. The maximum Gasteiger partial charge on any atom is 0.311 e. The highest BCUT2D eigenvalue weighted by atomic mass is 16.4. The van der Waals surface area contributed by atoms with Crippen LogP contribution in [0.25, 0.3) is 11.1 Å². The molecule has 2 atom stereocenters. The van der Waals surface area contributed by atoms with E-state index in [1.165, 1.54) is 12.1 Å². The number of phenols is 1. The molecule has 0 amide bonds. The molecule has 3 aromatic rings. The molecule has 8 N–H and O–H groups in total. The van der Waals surface area contributed by atoms with Gasteiger partial charge in [-0.05, 0) is 53.6 Å². The molecule has 1 aliphatic heterocycles. The monoisotopic (exact) mass is 459 g/mol. The topological polar surface area (TPSA) is 195 Å². The van der Waals surface area contributed by atoms with Crippen molar-refractivity contribution >= 4 is 23.5 Å². The molecular formula is C24H21N5O5. The van der Waals surface area contributed by atoms with Gasteiger partial charge in [0.05, 0.1) is 23.1 Å². The molecule has 0 spiro atoms. The molecule has 1 heterocycles. The molecule has 0 aromatic heterocycles. The van der Waals surface area contributed by atoms with E-state index in [2.05, 4.69) is 9.98 Å². The van der Waals surface area contributed by atoms with Gasteiger partial charge >= 0.3 is 11.9 Å². The van der Waals surface area contributed by atoms with E-state index in [0.29, 0.717) is 27.5 Å². The summed E-state index contributed by atoms with van der Waals surface area (Å²) >= 11 is 0. The van der Waals surface area contributed by atoms with E-state index >= 15 is 0 Å². The summed E-state index contributed by atoms with van der Waals surface area (Å²) in [6.45, 7) is 0. The smallest absolute Gasteiger partial charge is 0.311 e. The lowest BCUT2D eigenvalue weighted by Gasteiger charge is -2.18. The number of hydrogen-bond acceptors (Lipinski definition) is 7. The van der Waals surface area contributed by atoms with Crippen molar-refractivity contribution in [3.63, 3.8) is 0 Å². The summed E-state index contributed by atoms with van der Waals surface area (Å²) in [5.74, 6) is -4.25. The molecule has 0 saturated heterocycles. The van der Waals surface area contributed by atoms with Crippen molar-refractivity contribution < 1.29 is 24.9 Å². The number of nitrogens with one attached hydrogen (secondary N) is 1. The normalized spacial score (nSPS) is 15.0. The van der Waals surface area contributed by atoms with Gasteiger partial charge in [0, 0.05) is 22.4 Å². The number of amidine groups is 1. The second kappa shape index (κ2) is 8.66. The number of nitrogens with two attached hydrogens (primary N) is 2. The Morgan fingerprint density at radius 3 is 2.41 bits per heavy atom. The highest BCUT2D eigenvalue weighted by Crippen LogP contribution is 2.41. The Kier molecular flexibility index (Phi) is 5.72. The number of aromatic hydroxyl groups is 1. The van der Waals surface area contributed by atoms with Crippen LogP contribution in [0.3, 0.4) is 0 Å². The Morgan fingerprint density at radius 1 is 1.03 bits per heavy atom. The van der Waals surface area contributed by atoms with Crippen LogP contribution >= 0.6 is 0 Å². The molecule has 0 radical (unpaired) electrons. The van der Waals surface area contributed by atoms with E-state index in [1.807, 2.05) is 0 Å². The molecular weight excluding hydrogens is 438 g/mol. The number of hydrogen-bond donors (Lipinski definition) is 6. The minimum Gasteiger partial charge on any atom is -0.507 e. The zero-order chi connectivity index (χ0) is 24.6. The van der Waals surface area contributed by atoms with E-state index in [1.54, 1.807) is 42.5 Å². The standard InChI is InChI=1S/C24H21N5O5/c25-14-3-1-2-11(6-14)15-7-13(16(24(33)34)10-20(30)31)8-17(21(15)32)23-28-18-5-4-12(22(26)27)9-19(18)29-23/h1-9,16,23,32H,10,25H2,(H3,26,27)(H,30,31)(H,33,34). The van der Waals surface area contributed by atoms with Gasteiger partial charge in [-0.2, -0.15) is 0 Å². The largest absolute Gasteiger partial charge is 0.507 e. The molecule has 4 rings (SSSR count). The zero-order valence-electron chi connectivity index (χ0n) is 17.8. The number of benzene rings is 3. The number of phenolic OH excluding ortho intramolecular Hbond substituents is 1. The van der Waals surface area contributed by atoms with Crippen molar-refractivity contribution in [2.75, 3.05) is 5.73 Å². The first-order valence-electron chi connectivity index (χ1n) is 10.2. The maximum atomic E-state index is 11.9. The van der Waals surface area contributed by atoms with Crippen LogP contribution in [0.5, 0.6) is 5.75 Å². The summed E-state index contributed by atoms with van der Waals surface area (Å²) in [5.41, 5.74) is 13.5. The van der Waals surface area contributed by atoms with Crippen molar-refractivity contribution in [2.45, 2.75) is 18.5 Å². The number of carbonyl (C=O) groups is 2. The van der Waals surface area contributed by atoms with E-state index < -0.39 is 30.4 Å². The van der Waals surface area contributed by atoms with Gasteiger partial charge in [0.1, 0.15) is 11.6 Å². The van der Waals surface area contributed by atoms with Crippen LogP contribution in [0.4, 0.5) is 5.69 Å². The molecule has 34 heavy (non-hydrogen) atoms. The first-order chi connectivity index (χ1) is 16.1. The molecule has 10 nitrogen and oxygen atoms in total. The van der Waals surface area contributed by atoms with Gasteiger partial charge in [0.15, 0.2) is 6.17 Å². The number of carboxylic acids is 2. The number of aliphatic carboxylic acids is 2. The number of carboxylic acid groups (broad SMARTS) is 2. The third-order valence-electron chi connectivity index (χ3n) is 5.53. The van der Waals surface area contributed by atoms with Crippen LogP contribution in [0, 0.1) is 5.41 Å². The molecule has 2 unspecified atom stereocenters. The SMILES string of the molecule is N=C(N)c1ccc2c(c1)=NC(c1cc(C(CC(=O)O)C(=O)O)cc(-c3cccc(N)c3)c1O)N=2. The summed E-state index contributed by atoms with van der Waals surface area (Å²) < 4.78 is 0. The van der Waals surface area contributed by atoms with Gasteiger partial charge in [-0.15, -0.1) is 0 Å². The molecule has 0 aliphatic carbocycles. The van der Waals surface area contributed by atoms with Crippen LogP contribution in [-0.2, 0) is 9.59 Å². The molecule has 1 aliphatic rings. The first kappa shape index (κ1) is 22.5. The Balaban J connectivity index is 1.93. The molecule has 0 bridgehead atoms. The molecule has 10 heteroatoms. The van der Waals surface area contributed by atoms with E-state index in [4.69, 9.17) is 16.9 Å². The third kappa shape index (κ3) is 4.29. The minimum absolute atomic E-state index is 0.131. The number of nitrogen functional groups attached to an aromatic ring is 2. The fourth-order valence-electron chi connectivity index (χ4n) is 3.86. The van der Waals surface area contributed by atoms with Crippen molar-refractivity contribution in [2.24, 2.45) is 15.7 Å². The zero-order valence-corrected chi connectivity index (χ0v) is 17.8. The fraction of sp³-hybridized carbons (Fsp3) is 0.125. The Morgan fingerprint density at radius 2 is 1.76 bits per heavy atom. The Bertz CT molecular complexity index is 1470. The van der Waals surface area contributed by atoms with E-state index in [0.717, 1.165) is 0 Å². The molecule has 0 saturated carbocycles. The van der Waals surface area contributed by atoms with Crippen molar-refractivity contribution in [3.05, 3.63) is 82.0 Å². The third-order valence-corrected chi connectivity index (χ3v) is 5.53. The quantitative estimate of drug-likeness (QED) is 0.175. The number of fused-ring (bicyclic) bond motifs is 1. The summed E-state index contributed by atoms with van der Waals surface area (Å²) in [6.07, 6.45) is -1.55. The predicted molar refractivity (Wildman–Crippen MR) is 123 cm³/mol. The molecule has 172 valence electrons. The van der Waals surface area contributed by atoms with Crippen molar-refractivity contribution in [3.8, 4) is 16.9 Å². The van der Waals surface area contributed by atoms with Crippen LogP contribution in [0.15, 0.2) is 64.6 Å². The lowest BCUT2D eigenvalue weighted by Crippen LogP contribution is -2.24. The minimum atomic E-state index is -1.36. The van der Waals surface area contributed by atoms with Crippen LogP contribution in [-0.4, -0.2) is 33.1 Å². The number of anilines is 1. The van der Waals surface area contributed by atoms with Gasteiger partial charge in [0.2, 0.25) is 0 Å². The fourth-order valence-corrected chi connectivity index (χ4v) is 3.86. The van der Waals surface area contributed by atoms with Gasteiger partial charge in [-0.25, -0.2) is 0 Å². The van der Waals surface area contributed by atoms with Gasteiger partial charge < -0.3 is 26.8 Å². The average Bonchev–Trinajstić information content (AvgIpc) is 3.20. The lowest BCUT2D eigenvalue weighted by molar-refractivity contribution is -0.145. The Labute approximate surface area is 193 Å². The van der Waals surface area contributed by atoms with Gasteiger partial charge in [-0.3, -0.25) is 25.0 Å². The van der Waals surface area contributed by atoms with E-state index in [-0.39, 0.29) is 28.3 Å². The van der Waals surface area contributed by atoms with Crippen LogP contribution in [0.1, 0.15) is 35.2 Å². The van der Waals surface area contributed by atoms with Crippen molar-refractivity contribution in [1.29, 1.82) is 5.41 Å². The second-order valence-electron chi connectivity index (χ2n) is 7.87. The van der Waals surface area contributed by atoms with Crippen molar-refractivity contribution in [1.82, 2.24) is 0 Å². The summed E-state index contributed by atoms with van der Waals surface area (Å²) in [4.78, 5) is 32.3. The number of nitrogens with zero attached hydrogens (tertiary/aromatic N) is 2. The van der Waals surface area contributed by atoms with Crippen LogP contribution < -0.4 is 22.2 Å². The van der Waals surface area contributed by atoms with E-state index in [9.17, 15) is 24.9 Å². The van der Waals surface area contributed by atoms with Gasteiger partial charge in [0.25, 0.3) is 0 Å². The maximum absolute atomic E-state index is 11.9. The summed E-state index contributed by atoms with van der Waals surface area (Å²) in [7, 11) is 0. The highest BCUT2D eigenvalue weighted by molar-refractivity contribution is 5.94. The second-order valence-corrected chi connectivity index (χ2v) is 7.87. The van der Waals surface area contributed by atoms with Crippen LogP contribution in [0.2, 0.25) is 0 Å². The first-order valence-corrected chi connectivity index (χ1v) is 10.2.